The molecule has 1 aromatic carbocycles. The standard InChI is InChI=1S/C21H25N3O3/c1-3-13-10-17(21(26)27)20(25)22-19(13)14-4-6-16(7-5-14)24-11-15-8-9-23(2)18(15)12-24/h4-7,10,15,18H,3,8-9,11-12H2,1-2H3,(H,22,25)(H,26,27)/t15-,18?/m1/s1. The first-order valence-corrected chi connectivity index (χ1v) is 9.53. The van der Waals surface area contributed by atoms with Gasteiger partial charge in [0.1, 0.15) is 5.56 Å². The van der Waals surface area contributed by atoms with Gasteiger partial charge in [-0.2, -0.15) is 0 Å². The maximum atomic E-state index is 12.1. The first kappa shape index (κ1) is 17.8. The third-order valence-electron chi connectivity index (χ3n) is 6.08. The van der Waals surface area contributed by atoms with Crippen molar-refractivity contribution in [2.24, 2.45) is 5.92 Å². The summed E-state index contributed by atoms with van der Waals surface area (Å²) in [5.41, 5.74) is 2.87. The molecule has 2 aliphatic heterocycles. The van der Waals surface area contributed by atoms with Crippen LogP contribution in [0.2, 0.25) is 0 Å². The van der Waals surface area contributed by atoms with Crippen molar-refractivity contribution in [2.45, 2.75) is 25.8 Å². The second-order valence-corrected chi connectivity index (χ2v) is 7.62. The molecule has 2 fully saturated rings. The highest BCUT2D eigenvalue weighted by Gasteiger charge is 2.39. The Morgan fingerprint density at radius 1 is 1.26 bits per heavy atom. The molecule has 2 saturated heterocycles. The molecule has 1 unspecified atom stereocenters. The van der Waals surface area contributed by atoms with Crippen LogP contribution in [0.3, 0.4) is 0 Å². The number of fused-ring (bicyclic) bond motifs is 1. The summed E-state index contributed by atoms with van der Waals surface area (Å²) in [6, 6.07) is 10.4. The minimum absolute atomic E-state index is 0.208. The van der Waals surface area contributed by atoms with Crippen molar-refractivity contribution in [2.75, 3.05) is 31.6 Å². The summed E-state index contributed by atoms with van der Waals surface area (Å²) in [6.07, 6.45) is 1.92. The van der Waals surface area contributed by atoms with E-state index in [0.717, 1.165) is 30.1 Å². The summed E-state index contributed by atoms with van der Waals surface area (Å²) < 4.78 is 0. The third-order valence-corrected chi connectivity index (χ3v) is 6.08. The van der Waals surface area contributed by atoms with Crippen LogP contribution in [-0.2, 0) is 6.42 Å². The van der Waals surface area contributed by atoms with Crippen molar-refractivity contribution < 1.29 is 9.90 Å². The monoisotopic (exact) mass is 367 g/mol. The zero-order valence-electron chi connectivity index (χ0n) is 15.7. The Morgan fingerprint density at radius 3 is 2.63 bits per heavy atom. The van der Waals surface area contributed by atoms with E-state index in [2.05, 4.69) is 34.0 Å². The summed E-state index contributed by atoms with van der Waals surface area (Å²) in [6.45, 7) is 5.31. The number of carboxylic acids is 1. The lowest BCUT2D eigenvalue weighted by atomic mass is 10.0. The summed E-state index contributed by atoms with van der Waals surface area (Å²) in [5.74, 6) is -0.446. The second kappa shape index (κ2) is 6.85. The van der Waals surface area contributed by atoms with Crippen LogP contribution in [0.5, 0.6) is 0 Å². The Morgan fingerprint density at radius 2 is 2.00 bits per heavy atom. The van der Waals surface area contributed by atoms with Crippen LogP contribution in [0.25, 0.3) is 11.3 Å². The number of aromatic nitrogens is 1. The summed E-state index contributed by atoms with van der Waals surface area (Å²) >= 11 is 0. The lowest BCUT2D eigenvalue weighted by Gasteiger charge is -2.22. The zero-order chi connectivity index (χ0) is 19.1. The predicted octanol–water partition coefficient (Wildman–Crippen LogP) is 2.44. The van der Waals surface area contributed by atoms with Crippen molar-refractivity contribution in [3.63, 3.8) is 0 Å². The van der Waals surface area contributed by atoms with E-state index in [0.29, 0.717) is 18.2 Å². The lowest BCUT2D eigenvalue weighted by molar-refractivity contribution is 0.0695. The van der Waals surface area contributed by atoms with Gasteiger partial charge in [-0.1, -0.05) is 19.1 Å². The number of rotatable bonds is 4. The fourth-order valence-electron chi connectivity index (χ4n) is 4.49. The van der Waals surface area contributed by atoms with Gasteiger partial charge in [-0.25, -0.2) is 4.79 Å². The summed E-state index contributed by atoms with van der Waals surface area (Å²) in [4.78, 5) is 31.0. The van der Waals surface area contributed by atoms with Crippen molar-refractivity contribution in [1.29, 1.82) is 0 Å². The number of carboxylic acid groups (broad SMARTS) is 1. The van der Waals surface area contributed by atoms with E-state index in [9.17, 15) is 9.59 Å². The van der Waals surface area contributed by atoms with Crippen molar-refractivity contribution >= 4 is 11.7 Å². The molecule has 2 aromatic rings. The number of benzene rings is 1. The number of aromatic carboxylic acids is 1. The van der Waals surface area contributed by atoms with Gasteiger partial charge in [0.15, 0.2) is 0 Å². The van der Waals surface area contributed by atoms with E-state index in [1.807, 2.05) is 19.1 Å². The number of hydrogen-bond acceptors (Lipinski definition) is 4. The SMILES string of the molecule is CCc1cc(C(=O)O)c(=O)[nH]c1-c1ccc(N2CC3[C@H](CCN3C)C2)cc1. The molecule has 6 nitrogen and oxygen atoms in total. The number of nitrogens with zero attached hydrogens (tertiary/aromatic N) is 2. The number of likely N-dealkylation sites (N-methyl/N-ethyl adjacent to an activating group) is 1. The quantitative estimate of drug-likeness (QED) is 0.868. The lowest BCUT2D eigenvalue weighted by Crippen LogP contribution is -2.32. The van der Waals surface area contributed by atoms with E-state index < -0.39 is 11.5 Å². The van der Waals surface area contributed by atoms with Gasteiger partial charge in [-0.05, 0) is 61.7 Å². The molecular formula is C21H25N3O3. The first-order valence-electron chi connectivity index (χ1n) is 9.53. The largest absolute Gasteiger partial charge is 0.477 e. The van der Waals surface area contributed by atoms with Gasteiger partial charge in [0.05, 0.1) is 5.69 Å². The molecule has 3 heterocycles. The van der Waals surface area contributed by atoms with Gasteiger partial charge >= 0.3 is 5.97 Å². The maximum absolute atomic E-state index is 12.1. The number of likely N-dealkylation sites (tertiary alicyclic amines) is 1. The number of H-pyrrole nitrogens is 1. The average Bonchev–Trinajstić information content (AvgIpc) is 3.23. The van der Waals surface area contributed by atoms with Crippen LogP contribution in [0.1, 0.15) is 29.3 Å². The van der Waals surface area contributed by atoms with Crippen LogP contribution in [0.4, 0.5) is 5.69 Å². The molecule has 0 amide bonds. The van der Waals surface area contributed by atoms with Crippen LogP contribution in [0, 0.1) is 5.92 Å². The minimum Gasteiger partial charge on any atom is -0.477 e. The molecule has 2 N–H and O–H groups in total. The highest BCUT2D eigenvalue weighted by molar-refractivity contribution is 5.88. The van der Waals surface area contributed by atoms with Crippen LogP contribution < -0.4 is 10.5 Å². The molecule has 1 aromatic heterocycles. The molecule has 27 heavy (non-hydrogen) atoms. The predicted molar refractivity (Wildman–Crippen MR) is 106 cm³/mol. The molecule has 0 radical (unpaired) electrons. The highest BCUT2D eigenvalue weighted by atomic mass is 16.4. The Labute approximate surface area is 158 Å². The number of hydrogen-bond donors (Lipinski definition) is 2. The van der Waals surface area contributed by atoms with Crippen molar-refractivity contribution in [1.82, 2.24) is 9.88 Å². The van der Waals surface area contributed by atoms with Gasteiger partial charge < -0.3 is 19.9 Å². The van der Waals surface area contributed by atoms with Gasteiger partial charge in [-0.3, -0.25) is 4.79 Å². The van der Waals surface area contributed by atoms with Crippen LogP contribution in [0.15, 0.2) is 35.1 Å². The molecule has 2 atom stereocenters. The molecular weight excluding hydrogens is 342 g/mol. The Bertz CT molecular complexity index is 919. The molecule has 142 valence electrons. The number of pyridine rings is 1. The Hall–Kier alpha value is -2.60. The average molecular weight is 367 g/mol. The molecule has 0 aliphatic carbocycles. The van der Waals surface area contributed by atoms with E-state index in [1.165, 1.54) is 24.7 Å². The molecule has 0 spiro atoms. The Kier molecular flexibility index (Phi) is 4.52. The number of carbonyl (C=O) groups is 1. The van der Waals surface area contributed by atoms with Gasteiger partial charge in [0, 0.05) is 24.8 Å². The van der Waals surface area contributed by atoms with E-state index in [1.54, 1.807) is 0 Å². The minimum atomic E-state index is -1.20. The number of aryl methyl sites for hydroxylation is 1. The van der Waals surface area contributed by atoms with E-state index in [4.69, 9.17) is 5.11 Å². The normalized spacial score (nSPS) is 22.2. The van der Waals surface area contributed by atoms with Crippen molar-refractivity contribution in [3.8, 4) is 11.3 Å². The Balaban J connectivity index is 1.61. The number of anilines is 1. The number of aromatic amines is 1. The summed E-state index contributed by atoms with van der Waals surface area (Å²) in [5, 5.41) is 9.16. The topological polar surface area (TPSA) is 76.6 Å². The zero-order valence-corrected chi connectivity index (χ0v) is 15.7. The molecule has 0 bridgehead atoms. The maximum Gasteiger partial charge on any atom is 0.341 e. The number of nitrogens with one attached hydrogen (secondary N) is 1. The fraction of sp³-hybridized carbons (Fsp3) is 0.429. The van der Waals surface area contributed by atoms with Crippen LogP contribution in [-0.4, -0.2) is 53.7 Å². The van der Waals surface area contributed by atoms with Crippen molar-refractivity contribution in [3.05, 3.63) is 51.8 Å². The van der Waals surface area contributed by atoms with Gasteiger partial charge in [0.25, 0.3) is 5.56 Å². The fourth-order valence-corrected chi connectivity index (χ4v) is 4.49. The van der Waals surface area contributed by atoms with E-state index in [-0.39, 0.29) is 5.56 Å². The smallest absolute Gasteiger partial charge is 0.341 e. The highest BCUT2D eigenvalue weighted by Crippen LogP contribution is 2.34. The molecule has 2 aliphatic rings. The van der Waals surface area contributed by atoms with Gasteiger partial charge in [0.2, 0.25) is 0 Å². The second-order valence-electron chi connectivity index (χ2n) is 7.62. The summed E-state index contributed by atoms with van der Waals surface area (Å²) in [7, 11) is 2.21. The molecule has 0 saturated carbocycles. The van der Waals surface area contributed by atoms with E-state index >= 15 is 0 Å². The van der Waals surface area contributed by atoms with Gasteiger partial charge in [-0.15, -0.1) is 0 Å². The van der Waals surface area contributed by atoms with Crippen LogP contribution >= 0.6 is 0 Å². The molecule has 4 rings (SSSR count). The molecule has 6 heteroatoms. The third kappa shape index (κ3) is 3.14. The first-order chi connectivity index (χ1) is 13.0.